The smallest absolute Gasteiger partial charge is 0.260 e. The second-order valence-corrected chi connectivity index (χ2v) is 7.52. The number of alkyl halides is 2. The fourth-order valence-electron chi connectivity index (χ4n) is 3.26. The van der Waals surface area contributed by atoms with E-state index in [4.69, 9.17) is 0 Å². The molecule has 2 N–H and O–H groups in total. The summed E-state index contributed by atoms with van der Waals surface area (Å²) in [6.07, 6.45) is 6.59. The number of anilines is 1. The number of nitrogens with one attached hydrogen (secondary N) is 1. The zero-order chi connectivity index (χ0) is 22.1. The van der Waals surface area contributed by atoms with Gasteiger partial charge in [-0.1, -0.05) is 25.7 Å². The number of amides is 1. The molecule has 1 saturated carbocycles. The Morgan fingerprint density at radius 3 is 2.60 bits per heavy atom. The third-order valence-electron chi connectivity index (χ3n) is 5.20. The number of fused-ring (bicyclic) bond motifs is 1. The van der Waals surface area contributed by atoms with Gasteiger partial charge in [-0.05, 0) is 49.1 Å². The molecule has 0 bridgehead atoms. The van der Waals surface area contributed by atoms with Crippen LogP contribution in [0, 0.1) is 5.92 Å². The molecule has 30 heavy (non-hydrogen) atoms. The van der Waals surface area contributed by atoms with Crippen molar-refractivity contribution in [1.82, 2.24) is 9.97 Å². The van der Waals surface area contributed by atoms with Crippen LogP contribution in [0.1, 0.15) is 39.3 Å². The van der Waals surface area contributed by atoms with E-state index in [1.54, 1.807) is 18.5 Å². The van der Waals surface area contributed by atoms with Gasteiger partial charge < -0.3 is 10.4 Å². The summed E-state index contributed by atoms with van der Waals surface area (Å²) < 4.78 is 26.1. The number of hydrogen-bond acceptors (Lipinski definition) is 4. The van der Waals surface area contributed by atoms with Gasteiger partial charge in [0, 0.05) is 29.6 Å². The SMILES string of the molecule is C=C(/C=C(C)\C(=C/C)c1cc2cnc(NC(=O)C3CC3(F)F)cc2cn1)C(O)CC. The number of aliphatic hydroxyl groups excluding tert-OH is 1. The van der Waals surface area contributed by atoms with Crippen molar-refractivity contribution in [3.05, 3.63) is 60.1 Å². The highest BCUT2D eigenvalue weighted by atomic mass is 19.3. The summed E-state index contributed by atoms with van der Waals surface area (Å²) in [4.78, 5) is 20.5. The van der Waals surface area contributed by atoms with Gasteiger partial charge in [0.2, 0.25) is 5.91 Å². The van der Waals surface area contributed by atoms with E-state index in [1.807, 2.05) is 39.0 Å². The number of allylic oxidation sites excluding steroid dienone is 3. The summed E-state index contributed by atoms with van der Waals surface area (Å²) in [5.41, 5.74) is 3.19. The molecule has 2 atom stereocenters. The highest BCUT2D eigenvalue weighted by molar-refractivity contribution is 5.96. The first-order valence-electron chi connectivity index (χ1n) is 9.83. The van der Waals surface area contributed by atoms with Gasteiger partial charge >= 0.3 is 0 Å². The first-order chi connectivity index (χ1) is 14.2. The van der Waals surface area contributed by atoms with Crippen LogP contribution < -0.4 is 5.32 Å². The van der Waals surface area contributed by atoms with Crippen molar-refractivity contribution in [1.29, 1.82) is 0 Å². The molecular weight excluding hydrogens is 388 g/mol. The van der Waals surface area contributed by atoms with Gasteiger partial charge in [-0.15, -0.1) is 0 Å². The number of carbonyl (C=O) groups is 1. The number of nitrogens with zero attached hydrogens (tertiary/aromatic N) is 2. The number of halogens is 2. The van der Waals surface area contributed by atoms with Crippen molar-refractivity contribution in [3.8, 4) is 0 Å². The summed E-state index contributed by atoms with van der Waals surface area (Å²) >= 11 is 0. The van der Waals surface area contributed by atoms with Gasteiger partial charge in [0.25, 0.3) is 5.92 Å². The fraction of sp³-hybridized carbons (Fsp3) is 0.348. The maximum atomic E-state index is 13.0. The normalized spacial score (nSPS) is 19.5. The van der Waals surface area contributed by atoms with E-state index in [0.29, 0.717) is 12.0 Å². The lowest BCUT2D eigenvalue weighted by atomic mass is 9.98. The Bertz CT molecular complexity index is 1060. The van der Waals surface area contributed by atoms with Crippen molar-refractivity contribution in [2.75, 3.05) is 5.32 Å². The number of aliphatic hydroxyl groups is 1. The van der Waals surface area contributed by atoms with Crippen LogP contribution in [0.15, 0.2) is 54.4 Å². The Morgan fingerprint density at radius 1 is 1.37 bits per heavy atom. The van der Waals surface area contributed by atoms with Crippen molar-refractivity contribution in [2.45, 2.75) is 45.6 Å². The Balaban J connectivity index is 1.82. The van der Waals surface area contributed by atoms with Crippen LogP contribution >= 0.6 is 0 Å². The van der Waals surface area contributed by atoms with E-state index in [1.165, 1.54) is 0 Å². The van der Waals surface area contributed by atoms with E-state index in [-0.39, 0.29) is 5.82 Å². The minimum absolute atomic E-state index is 0.219. The second-order valence-electron chi connectivity index (χ2n) is 7.52. The first kappa shape index (κ1) is 21.8. The standard InChI is InChI=1S/C23H25F2N3O2/c1-5-17(13(3)7-14(4)20(29)6-2)19-8-15-12-27-21(9-16(15)11-26-19)28-22(30)18-10-23(18,24)25/h5,7-9,11-12,18,20,29H,4,6,10H2,1-3H3,(H,27,28,30)/b13-7-,17-5+. The molecule has 1 aliphatic carbocycles. The van der Waals surface area contributed by atoms with E-state index in [0.717, 1.165) is 27.6 Å². The van der Waals surface area contributed by atoms with Gasteiger partial charge in [0.1, 0.15) is 11.7 Å². The topological polar surface area (TPSA) is 75.1 Å². The minimum atomic E-state index is -2.91. The molecular formula is C23H25F2N3O2. The molecule has 1 fully saturated rings. The lowest BCUT2D eigenvalue weighted by molar-refractivity contribution is -0.119. The van der Waals surface area contributed by atoms with Gasteiger partial charge in [-0.25, -0.2) is 13.8 Å². The molecule has 2 unspecified atom stereocenters. The van der Waals surface area contributed by atoms with Crippen molar-refractivity contribution >= 4 is 28.1 Å². The van der Waals surface area contributed by atoms with Gasteiger partial charge in [0.15, 0.2) is 0 Å². The molecule has 0 aliphatic heterocycles. The average Bonchev–Trinajstić information content (AvgIpc) is 3.36. The Kier molecular flexibility index (Phi) is 6.12. The first-order valence-corrected chi connectivity index (χ1v) is 9.83. The molecule has 0 radical (unpaired) electrons. The molecule has 0 aromatic carbocycles. The van der Waals surface area contributed by atoms with Crippen LogP contribution in [-0.2, 0) is 4.79 Å². The summed E-state index contributed by atoms with van der Waals surface area (Å²) in [5.74, 6) is -4.69. The number of pyridine rings is 2. The molecule has 1 aliphatic rings. The second kappa shape index (κ2) is 8.44. The number of rotatable bonds is 7. The Labute approximate surface area is 174 Å². The van der Waals surface area contributed by atoms with E-state index < -0.39 is 30.3 Å². The quantitative estimate of drug-likeness (QED) is 0.633. The summed E-state index contributed by atoms with van der Waals surface area (Å²) in [6.45, 7) is 9.64. The van der Waals surface area contributed by atoms with Crippen LogP contribution in [0.25, 0.3) is 16.3 Å². The van der Waals surface area contributed by atoms with E-state index >= 15 is 0 Å². The van der Waals surface area contributed by atoms with Gasteiger partial charge in [-0.2, -0.15) is 0 Å². The molecule has 3 rings (SSSR count). The molecule has 2 aromatic rings. The average molecular weight is 413 g/mol. The summed E-state index contributed by atoms with van der Waals surface area (Å²) in [5, 5.41) is 13.9. The monoisotopic (exact) mass is 413 g/mol. The lowest BCUT2D eigenvalue weighted by Crippen LogP contribution is -2.18. The molecule has 158 valence electrons. The minimum Gasteiger partial charge on any atom is -0.388 e. The Hall–Kier alpha value is -2.93. The predicted molar refractivity (Wildman–Crippen MR) is 114 cm³/mol. The zero-order valence-electron chi connectivity index (χ0n) is 17.2. The molecule has 7 heteroatoms. The van der Waals surface area contributed by atoms with Crippen molar-refractivity contribution in [2.24, 2.45) is 5.92 Å². The van der Waals surface area contributed by atoms with Gasteiger partial charge in [-0.3, -0.25) is 9.78 Å². The third-order valence-corrected chi connectivity index (χ3v) is 5.20. The Morgan fingerprint density at radius 2 is 2.00 bits per heavy atom. The predicted octanol–water partition coefficient (Wildman–Crippen LogP) is 4.90. The van der Waals surface area contributed by atoms with Crippen LogP contribution in [0.4, 0.5) is 14.6 Å². The largest absolute Gasteiger partial charge is 0.388 e. The third kappa shape index (κ3) is 4.62. The molecule has 2 heterocycles. The summed E-state index contributed by atoms with van der Waals surface area (Å²) in [6, 6.07) is 3.48. The molecule has 0 saturated heterocycles. The van der Waals surface area contributed by atoms with Gasteiger partial charge in [0.05, 0.1) is 11.8 Å². The lowest BCUT2D eigenvalue weighted by Gasteiger charge is -2.12. The summed E-state index contributed by atoms with van der Waals surface area (Å²) in [7, 11) is 0. The van der Waals surface area contributed by atoms with Crippen molar-refractivity contribution in [3.63, 3.8) is 0 Å². The number of carbonyl (C=O) groups excluding carboxylic acids is 1. The van der Waals surface area contributed by atoms with Crippen LogP contribution in [0.5, 0.6) is 0 Å². The maximum absolute atomic E-state index is 13.0. The highest BCUT2D eigenvalue weighted by Crippen LogP contribution is 2.49. The molecule has 1 amide bonds. The molecule has 5 nitrogen and oxygen atoms in total. The van der Waals surface area contributed by atoms with Crippen LogP contribution in [-0.4, -0.2) is 33.0 Å². The van der Waals surface area contributed by atoms with Crippen LogP contribution in [0.3, 0.4) is 0 Å². The maximum Gasteiger partial charge on any atom is 0.260 e. The molecule has 2 aromatic heterocycles. The number of aromatic nitrogens is 2. The van der Waals surface area contributed by atoms with E-state index in [9.17, 15) is 18.7 Å². The van der Waals surface area contributed by atoms with Crippen LogP contribution in [0.2, 0.25) is 0 Å². The molecule has 0 spiro atoms. The zero-order valence-corrected chi connectivity index (χ0v) is 17.2. The van der Waals surface area contributed by atoms with Crippen molar-refractivity contribution < 1.29 is 18.7 Å². The highest BCUT2D eigenvalue weighted by Gasteiger charge is 2.61. The van der Waals surface area contributed by atoms with E-state index in [2.05, 4.69) is 21.9 Å². The number of hydrogen-bond donors (Lipinski definition) is 2. The fourth-order valence-corrected chi connectivity index (χ4v) is 3.26.